The Labute approximate surface area is 114 Å². The monoisotopic (exact) mass is 262 g/mol. The highest BCUT2D eigenvalue weighted by molar-refractivity contribution is 8.14. The summed E-state index contributed by atoms with van der Waals surface area (Å²) in [5.41, 5.74) is 2.55. The standard InChI is InChI=1S/C15H22N2S/c1-10(2)13-7-5-6-8-14(13)17-15-16-11(3)9-12(4)18-15/h5-8,10-12H,9H2,1-4H3,(H,16,17). The van der Waals surface area contributed by atoms with Crippen molar-refractivity contribution in [1.82, 2.24) is 0 Å². The van der Waals surface area contributed by atoms with Crippen LogP contribution in [-0.4, -0.2) is 16.5 Å². The van der Waals surface area contributed by atoms with Gasteiger partial charge in [-0.15, -0.1) is 0 Å². The summed E-state index contributed by atoms with van der Waals surface area (Å²) in [6.45, 7) is 8.90. The van der Waals surface area contributed by atoms with E-state index in [1.54, 1.807) is 0 Å². The second-order valence-corrected chi connectivity index (χ2v) is 6.74. The van der Waals surface area contributed by atoms with Crippen LogP contribution in [0, 0.1) is 0 Å². The molecular formula is C15H22N2S. The molecule has 3 heteroatoms. The van der Waals surface area contributed by atoms with Crippen molar-refractivity contribution >= 4 is 22.6 Å². The molecule has 1 N–H and O–H groups in total. The largest absolute Gasteiger partial charge is 0.335 e. The van der Waals surface area contributed by atoms with E-state index in [-0.39, 0.29) is 0 Å². The number of nitrogens with one attached hydrogen (secondary N) is 1. The molecule has 0 aliphatic carbocycles. The highest BCUT2D eigenvalue weighted by atomic mass is 32.2. The van der Waals surface area contributed by atoms with Gasteiger partial charge in [-0.3, -0.25) is 4.99 Å². The predicted octanol–water partition coefficient (Wildman–Crippen LogP) is 4.49. The van der Waals surface area contributed by atoms with E-state index in [4.69, 9.17) is 4.99 Å². The maximum atomic E-state index is 4.70. The van der Waals surface area contributed by atoms with Gasteiger partial charge in [0.05, 0.1) is 6.04 Å². The van der Waals surface area contributed by atoms with E-state index < -0.39 is 0 Å². The third-order valence-corrected chi connectivity index (χ3v) is 4.17. The van der Waals surface area contributed by atoms with Gasteiger partial charge in [-0.2, -0.15) is 0 Å². The summed E-state index contributed by atoms with van der Waals surface area (Å²) in [6.07, 6.45) is 1.17. The Bertz CT molecular complexity index is 440. The van der Waals surface area contributed by atoms with E-state index in [2.05, 4.69) is 57.3 Å². The molecule has 1 heterocycles. The number of thioether (sulfide) groups is 1. The number of hydrogen-bond acceptors (Lipinski definition) is 3. The summed E-state index contributed by atoms with van der Waals surface area (Å²) in [5, 5.41) is 5.21. The first-order valence-corrected chi connectivity index (χ1v) is 7.54. The van der Waals surface area contributed by atoms with Crippen LogP contribution in [0.5, 0.6) is 0 Å². The number of hydrogen-bond donors (Lipinski definition) is 1. The Kier molecular flexibility index (Phi) is 4.33. The fourth-order valence-electron chi connectivity index (χ4n) is 2.29. The maximum Gasteiger partial charge on any atom is 0.161 e. The summed E-state index contributed by atoms with van der Waals surface area (Å²) in [6, 6.07) is 8.93. The van der Waals surface area contributed by atoms with E-state index in [0.717, 1.165) is 5.17 Å². The minimum atomic E-state index is 0.426. The van der Waals surface area contributed by atoms with Crippen molar-refractivity contribution < 1.29 is 0 Å². The fourth-order valence-corrected chi connectivity index (χ4v) is 3.46. The molecule has 1 aromatic rings. The van der Waals surface area contributed by atoms with Crippen LogP contribution in [0.1, 0.15) is 45.6 Å². The van der Waals surface area contributed by atoms with Crippen LogP contribution in [0.15, 0.2) is 29.3 Å². The Morgan fingerprint density at radius 1 is 1.28 bits per heavy atom. The molecule has 1 aliphatic rings. The lowest BCUT2D eigenvalue weighted by Crippen LogP contribution is -2.23. The molecule has 18 heavy (non-hydrogen) atoms. The number of amidine groups is 1. The number of nitrogens with zero attached hydrogens (tertiary/aromatic N) is 1. The van der Waals surface area contributed by atoms with Crippen molar-refractivity contribution in [3.05, 3.63) is 29.8 Å². The zero-order valence-electron chi connectivity index (χ0n) is 11.6. The minimum absolute atomic E-state index is 0.426. The van der Waals surface area contributed by atoms with Crippen LogP contribution in [0.2, 0.25) is 0 Å². The zero-order valence-corrected chi connectivity index (χ0v) is 12.4. The summed E-state index contributed by atoms with van der Waals surface area (Å²) < 4.78 is 0. The normalized spacial score (nSPS) is 23.9. The Morgan fingerprint density at radius 3 is 2.67 bits per heavy atom. The number of para-hydroxylation sites is 1. The lowest BCUT2D eigenvalue weighted by atomic mass is 10.0. The van der Waals surface area contributed by atoms with Crippen LogP contribution in [0.4, 0.5) is 5.69 Å². The molecule has 98 valence electrons. The Morgan fingerprint density at radius 2 is 2.00 bits per heavy atom. The molecule has 0 fully saturated rings. The van der Waals surface area contributed by atoms with Gasteiger partial charge in [0.25, 0.3) is 0 Å². The van der Waals surface area contributed by atoms with Gasteiger partial charge >= 0.3 is 0 Å². The van der Waals surface area contributed by atoms with Crippen molar-refractivity contribution in [3.8, 4) is 0 Å². The first kappa shape index (κ1) is 13.5. The summed E-state index contributed by atoms with van der Waals surface area (Å²) >= 11 is 1.84. The Hall–Kier alpha value is -0.960. The first-order valence-electron chi connectivity index (χ1n) is 6.66. The van der Waals surface area contributed by atoms with Crippen molar-refractivity contribution in [2.75, 3.05) is 5.32 Å². The molecule has 2 atom stereocenters. The van der Waals surface area contributed by atoms with Crippen LogP contribution in [0.25, 0.3) is 0 Å². The van der Waals surface area contributed by atoms with Crippen LogP contribution in [0.3, 0.4) is 0 Å². The topological polar surface area (TPSA) is 24.4 Å². The number of aliphatic imine (C=N–C) groups is 1. The quantitative estimate of drug-likeness (QED) is 0.849. The van der Waals surface area contributed by atoms with Gasteiger partial charge in [-0.1, -0.05) is 50.7 Å². The van der Waals surface area contributed by atoms with Crippen LogP contribution in [-0.2, 0) is 0 Å². The molecule has 2 unspecified atom stereocenters. The minimum Gasteiger partial charge on any atom is -0.335 e. The SMILES string of the molecule is CC1CC(C)SC(Nc2ccccc2C(C)C)=N1. The van der Waals surface area contributed by atoms with Crippen LogP contribution >= 0.6 is 11.8 Å². The van der Waals surface area contributed by atoms with Gasteiger partial charge in [0.1, 0.15) is 0 Å². The summed E-state index contributed by atoms with van der Waals surface area (Å²) in [4.78, 5) is 4.70. The molecule has 1 aliphatic heterocycles. The van der Waals surface area contributed by atoms with E-state index in [9.17, 15) is 0 Å². The van der Waals surface area contributed by atoms with Gasteiger partial charge in [-0.25, -0.2) is 0 Å². The molecule has 0 saturated carbocycles. The van der Waals surface area contributed by atoms with Gasteiger partial charge in [0.2, 0.25) is 0 Å². The van der Waals surface area contributed by atoms with Crippen LogP contribution < -0.4 is 5.32 Å². The number of anilines is 1. The van der Waals surface area contributed by atoms with Gasteiger partial charge in [-0.05, 0) is 30.9 Å². The molecule has 0 saturated heterocycles. The van der Waals surface area contributed by atoms with Gasteiger partial charge in [0.15, 0.2) is 5.17 Å². The number of rotatable bonds is 2. The smallest absolute Gasteiger partial charge is 0.161 e. The molecular weight excluding hydrogens is 240 g/mol. The van der Waals surface area contributed by atoms with E-state index in [1.165, 1.54) is 17.7 Å². The van der Waals surface area contributed by atoms with Gasteiger partial charge in [0, 0.05) is 10.9 Å². The molecule has 0 bridgehead atoms. The van der Waals surface area contributed by atoms with E-state index in [1.807, 2.05) is 11.8 Å². The number of benzene rings is 1. The zero-order chi connectivity index (χ0) is 13.1. The van der Waals surface area contributed by atoms with Crippen molar-refractivity contribution in [2.24, 2.45) is 4.99 Å². The van der Waals surface area contributed by atoms with E-state index >= 15 is 0 Å². The van der Waals surface area contributed by atoms with E-state index in [0.29, 0.717) is 17.2 Å². The predicted molar refractivity (Wildman–Crippen MR) is 82.7 cm³/mol. The second kappa shape index (κ2) is 5.79. The average molecular weight is 262 g/mol. The lowest BCUT2D eigenvalue weighted by Gasteiger charge is -2.24. The highest BCUT2D eigenvalue weighted by Crippen LogP contribution is 2.29. The third kappa shape index (κ3) is 3.29. The first-order chi connectivity index (χ1) is 8.56. The molecule has 0 amide bonds. The Balaban J connectivity index is 2.19. The molecule has 0 spiro atoms. The maximum absolute atomic E-state index is 4.70. The molecule has 2 rings (SSSR count). The lowest BCUT2D eigenvalue weighted by molar-refractivity contribution is 0.661. The fraction of sp³-hybridized carbons (Fsp3) is 0.533. The molecule has 0 aromatic heterocycles. The molecule has 1 aromatic carbocycles. The van der Waals surface area contributed by atoms with Crippen molar-refractivity contribution in [1.29, 1.82) is 0 Å². The second-order valence-electron chi connectivity index (χ2n) is 5.31. The average Bonchev–Trinajstić information content (AvgIpc) is 2.27. The molecule has 0 radical (unpaired) electrons. The summed E-state index contributed by atoms with van der Waals surface area (Å²) in [7, 11) is 0. The molecule has 2 nitrogen and oxygen atoms in total. The van der Waals surface area contributed by atoms with Crippen molar-refractivity contribution in [3.63, 3.8) is 0 Å². The van der Waals surface area contributed by atoms with Gasteiger partial charge < -0.3 is 5.32 Å². The van der Waals surface area contributed by atoms with Crippen molar-refractivity contribution in [2.45, 2.75) is 51.3 Å². The third-order valence-electron chi connectivity index (χ3n) is 3.15. The summed E-state index contributed by atoms with van der Waals surface area (Å²) in [5.74, 6) is 0.526. The highest BCUT2D eigenvalue weighted by Gasteiger charge is 2.19.